The molecule has 2 rings (SSSR count). The maximum atomic E-state index is 11.5. The smallest absolute Gasteiger partial charge is 0.257 e. The van der Waals surface area contributed by atoms with Crippen LogP contribution in [0.2, 0.25) is 0 Å². The van der Waals surface area contributed by atoms with Gasteiger partial charge in [-0.25, -0.2) is 4.99 Å². The lowest BCUT2D eigenvalue weighted by atomic mass is 10.2. The van der Waals surface area contributed by atoms with Crippen molar-refractivity contribution in [2.45, 2.75) is 26.9 Å². The van der Waals surface area contributed by atoms with E-state index in [0.29, 0.717) is 18.8 Å². The summed E-state index contributed by atoms with van der Waals surface area (Å²) in [6, 6.07) is 7.65. The Hall–Kier alpha value is -3.03. The Morgan fingerprint density at radius 3 is 2.71 bits per heavy atom. The average Bonchev–Trinajstić information content (AvgIpc) is 3.08. The number of carbonyl (C=O) groups is 1. The Morgan fingerprint density at radius 2 is 2.04 bits per heavy atom. The van der Waals surface area contributed by atoms with Crippen LogP contribution in [-0.4, -0.2) is 53.3 Å². The minimum atomic E-state index is -0.127. The number of amides is 1. The molecular formula is C20H30N6O2. The number of guanidine groups is 1. The monoisotopic (exact) mass is 386 g/mol. The van der Waals surface area contributed by atoms with Gasteiger partial charge in [0.15, 0.2) is 12.6 Å². The van der Waals surface area contributed by atoms with E-state index in [1.807, 2.05) is 64.6 Å². The number of nitrogens with zero attached hydrogens (tertiary/aromatic N) is 4. The molecule has 0 aliphatic carbocycles. The highest BCUT2D eigenvalue weighted by atomic mass is 16.5. The summed E-state index contributed by atoms with van der Waals surface area (Å²) in [7, 11) is 3.91. The maximum absolute atomic E-state index is 11.5. The van der Waals surface area contributed by atoms with Crippen LogP contribution in [0.5, 0.6) is 5.75 Å². The normalized spacial score (nSPS) is 11.2. The van der Waals surface area contributed by atoms with Gasteiger partial charge in [0.2, 0.25) is 0 Å². The van der Waals surface area contributed by atoms with Crippen LogP contribution in [0.15, 0.2) is 41.7 Å². The van der Waals surface area contributed by atoms with Gasteiger partial charge in [0.1, 0.15) is 5.75 Å². The number of hydrogen-bond acceptors (Lipinski definition) is 4. The fourth-order valence-electron chi connectivity index (χ4n) is 2.67. The molecular weight excluding hydrogens is 356 g/mol. The van der Waals surface area contributed by atoms with E-state index in [1.54, 1.807) is 4.68 Å². The van der Waals surface area contributed by atoms with Crippen LogP contribution in [0.1, 0.15) is 25.0 Å². The van der Waals surface area contributed by atoms with Gasteiger partial charge >= 0.3 is 0 Å². The maximum Gasteiger partial charge on any atom is 0.257 e. The molecule has 8 nitrogen and oxygen atoms in total. The van der Waals surface area contributed by atoms with Crippen molar-refractivity contribution >= 4 is 11.9 Å². The zero-order chi connectivity index (χ0) is 20.4. The van der Waals surface area contributed by atoms with Crippen molar-refractivity contribution in [3.63, 3.8) is 0 Å². The molecule has 0 saturated carbocycles. The highest BCUT2D eigenvalue weighted by Gasteiger charge is 2.08. The van der Waals surface area contributed by atoms with E-state index < -0.39 is 0 Å². The van der Waals surface area contributed by atoms with Crippen molar-refractivity contribution in [2.75, 3.05) is 26.7 Å². The zero-order valence-electron chi connectivity index (χ0n) is 17.1. The Bertz CT molecular complexity index is 787. The molecule has 0 atom stereocenters. The van der Waals surface area contributed by atoms with Crippen molar-refractivity contribution in [3.8, 4) is 5.75 Å². The van der Waals surface area contributed by atoms with Gasteiger partial charge in [0.25, 0.3) is 5.91 Å². The molecule has 8 heteroatoms. The Labute approximate surface area is 166 Å². The summed E-state index contributed by atoms with van der Waals surface area (Å²) in [5.41, 5.74) is 2.13. The molecule has 0 unspecified atom stereocenters. The fourth-order valence-corrected chi connectivity index (χ4v) is 2.67. The van der Waals surface area contributed by atoms with Gasteiger partial charge in [-0.15, -0.1) is 0 Å². The number of rotatable bonds is 9. The second kappa shape index (κ2) is 11.0. The van der Waals surface area contributed by atoms with Crippen LogP contribution < -0.4 is 15.4 Å². The summed E-state index contributed by atoms with van der Waals surface area (Å²) in [4.78, 5) is 18.3. The van der Waals surface area contributed by atoms with Gasteiger partial charge in [-0.1, -0.05) is 12.1 Å². The molecule has 2 N–H and O–H groups in total. The lowest BCUT2D eigenvalue weighted by molar-refractivity contribution is -0.122. The van der Waals surface area contributed by atoms with Gasteiger partial charge in [0.05, 0.1) is 12.7 Å². The summed E-state index contributed by atoms with van der Waals surface area (Å²) in [5.74, 6) is 1.35. The Balaban J connectivity index is 1.99. The number of ether oxygens (including phenoxy) is 1. The largest absolute Gasteiger partial charge is 0.484 e. The van der Waals surface area contributed by atoms with Gasteiger partial charge in [0, 0.05) is 45.5 Å². The van der Waals surface area contributed by atoms with E-state index in [-0.39, 0.29) is 12.5 Å². The van der Waals surface area contributed by atoms with E-state index >= 15 is 0 Å². The number of aliphatic imine (C=N–C) groups is 1. The zero-order valence-corrected chi connectivity index (χ0v) is 17.1. The molecule has 1 aromatic carbocycles. The lowest BCUT2D eigenvalue weighted by Crippen LogP contribution is -2.38. The number of likely N-dealkylation sites (N-methyl/N-ethyl adjacent to an activating group) is 1. The molecule has 1 aromatic heterocycles. The van der Waals surface area contributed by atoms with E-state index in [0.717, 1.165) is 30.2 Å². The highest BCUT2D eigenvalue weighted by molar-refractivity contribution is 5.79. The Kier molecular flexibility index (Phi) is 8.33. The lowest BCUT2D eigenvalue weighted by Gasteiger charge is -2.21. The van der Waals surface area contributed by atoms with E-state index in [2.05, 4.69) is 20.6 Å². The first-order chi connectivity index (χ1) is 13.5. The molecule has 0 saturated heterocycles. The minimum absolute atomic E-state index is 0.0110. The summed E-state index contributed by atoms with van der Waals surface area (Å²) in [6.45, 7) is 6.54. The number of benzene rings is 1. The number of hydrogen-bond donors (Lipinski definition) is 2. The third kappa shape index (κ3) is 6.94. The van der Waals surface area contributed by atoms with Gasteiger partial charge in [-0.2, -0.15) is 5.10 Å². The summed E-state index contributed by atoms with van der Waals surface area (Å²) >= 11 is 0. The van der Waals surface area contributed by atoms with Gasteiger partial charge in [-0.05, 0) is 31.5 Å². The summed E-state index contributed by atoms with van der Waals surface area (Å²) in [6.07, 6.45) is 3.85. The summed E-state index contributed by atoms with van der Waals surface area (Å²) in [5, 5.41) is 10.2. The molecule has 0 fully saturated rings. The highest BCUT2D eigenvalue weighted by Crippen LogP contribution is 2.14. The predicted molar refractivity (Wildman–Crippen MR) is 110 cm³/mol. The minimum Gasteiger partial charge on any atom is -0.484 e. The van der Waals surface area contributed by atoms with Crippen molar-refractivity contribution < 1.29 is 9.53 Å². The number of nitrogens with one attached hydrogen (secondary N) is 2. The van der Waals surface area contributed by atoms with Crippen molar-refractivity contribution in [1.29, 1.82) is 0 Å². The molecule has 0 bridgehead atoms. The number of aryl methyl sites for hydroxylation is 1. The molecule has 0 radical (unpaired) electrons. The Morgan fingerprint density at radius 1 is 1.25 bits per heavy atom. The van der Waals surface area contributed by atoms with Crippen LogP contribution in [0.25, 0.3) is 0 Å². The van der Waals surface area contributed by atoms with E-state index in [4.69, 9.17) is 9.73 Å². The first-order valence-electron chi connectivity index (χ1n) is 9.47. The van der Waals surface area contributed by atoms with Crippen LogP contribution in [0.3, 0.4) is 0 Å². The van der Waals surface area contributed by atoms with E-state index in [1.165, 1.54) is 0 Å². The molecule has 0 spiro atoms. The number of aromatic nitrogens is 2. The van der Waals surface area contributed by atoms with Gasteiger partial charge < -0.3 is 20.3 Å². The van der Waals surface area contributed by atoms with Crippen LogP contribution in [0.4, 0.5) is 0 Å². The quantitative estimate of drug-likeness (QED) is 0.504. The molecule has 0 aliphatic heterocycles. The first-order valence-corrected chi connectivity index (χ1v) is 9.47. The fraction of sp³-hybridized carbons (Fsp3) is 0.450. The number of carbonyl (C=O) groups excluding carboxylic acids is 1. The summed E-state index contributed by atoms with van der Waals surface area (Å²) < 4.78 is 7.34. The van der Waals surface area contributed by atoms with Crippen molar-refractivity contribution in [2.24, 2.45) is 12.0 Å². The van der Waals surface area contributed by atoms with E-state index in [9.17, 15) is 4.79 Å². The molecule has 152 valence electrons. The van der Waals surface area contributed by atoms with Crippen LogP contribution >= 0.6 is 0 Å². The second-order valence-corrected chi connectivity index (χ2v) is 6.44. The van der Waals surface area contributed by atoms with Crippen LogP contribution in [-0.2, 0) is 24.9 Å². The van der Waals surface area contributed by atoms with Crippen molar-refractivity contribution in [3.05, 3.63) is 47.8 Å². The molecule has 0 aliphatic rings. The SMILES string of the molecule is CCNC(=O)COc1cccc(CN=C(NCC)N(C)Cc2cnn(C)c2)c1. The van der Waals surface area contributed by atoms with Crippen molar-refractivity contribution in [1.82, 2.24) is 25.3 Å². The molecule has 2 aromatic rings. The third-order valence-corrected chi connectivity index (χ3v) is 3.93. The average molecular weight is 387 g/mol. The van der Waals surface area contributed by atoms with Gasteiger partial charge in [-0.3, -0.25) is 9.48 Å². The van der Waals surface area contributed by atoms with Crippen LogP contribution in [0, 0.1) is 0 Å². The topological polar surface area (TPSA) is 83.8 Å². The molecule has 1 heterocycles. The molecule has 1 amide bonds. The first kappa shape index (κ1) is 21.3. The molecule has 28 heavy (non-hydrogen) atoms. The standard InChI is InChI=1S/C20H30N6O2/c1-5-21-19(27)15-28-18-9-7-8-16(10-18)11-23-20(22-6-2)25(3)13-17-12-24-26(4)14-17/h7-10,12,14H,5-6,11,13,15H2,1-4H3,(H,21,27)(H,22,23). The second-order valence-electron chi connectivity index (χ2n) is 6.44. The predicted octanol–water partition coefficient (Wildman–Crippen LogP) is 1.53. The third-order valence-electron chi connectivity index (χ3n) is 3.93.